The zero-order chi connectivity index (χ0) is 13.1. The van der Waals surface area contributed by atoms with Crippen molar-refractivity contribution in [1.29, 1.82) is 0 Å². The number of phenols is 1. The second kappa shape index (κ2) is 5.09. The maximum atomic E-state index is 9.28. The van der Waals surface area contributed by atoms with Crippen molar-refractivity contribution < 1.29 is 10.2 Å². The second-order valence-corrected chi connectivity index (χ2v) is 4.83. The summed E-state index contributed by atoms with van der Waals surface area (Å²) in [5, 5.41) is 18.4. The van der Waals surface area contributed by atoms with Crippen LogP contribution in [-0.4, -0.2) is 10.2 Å². The molecule has 0 spiro atoms. The van der Waals surface area contributed by atoms with Gasteiger partial charge in [0, 0.05) is 5.41 Å². The second-order valence-electron chi connectivity index (χ2n) is 4.83. The molecule has 92 valence electrons. The molecule has 0 aliphatic rings. The van der Waals surface area contributed by atoms with Gasteiger partial charge in [-0.2, -0.15) is 0 Å². The van der Waals surface area contributed by atoms with Gasteiger partial charge in [-0.15, -0.1) is 0 Å². The first-order chi connectivity index (χ1) is 7.84. The maximum Gasteiger partial charge on any atom is 0.115 e. The van der Waals surface area contributed by atoms with Gasteiger partial charge in [0.1, 0.15) is 5.75 Å². The Kier molecular flexibility index (Phi) is 4.00. The molecular weight excluding hydrogens is 212 g/mol. The summed E-state index contributed by atoms with van der Waals surface area (Å²) in [6, 6.07) is 7.22. The Bertz CT molecular complexity index is 432. The van der Waals surface area contributed by atoms with Crippen LogP contribution in [-0.2, 0) is 5.41 Å². The van der Waals surface area contributed by atoms with E-state index in [1.165, 1.54) is 0 Å². The first-order valence-electron chi connectivity index (χ1n) is 5.68. The number of phenolic OH excluding ortho intramolecular Hbond substituents is 1. The Labute approximate surface area is 103 Å². The van der Waals surface area contributed by atoms with E-state index in [9.17, 15) is 5.11 Å². The third-order valence-corrected chi connectivity index (χ3v) is 3.15. The predicted octanol–water partition coefficient (Wildman–Crippen LogP) is 4.08. The van der Waals surface area contributed by atoms with Crippen molar-refractivity contribution in [2.75, 3.05) is 0 Å². The highest BCUT2D eigenvalue weighted by Gasteiger charge is 2.22. The largest absolute Gasteiger partial charge is 0.513 e. The topological polar surface area (TPSA) is 40.5 Å². The molecule has 2 N–H and O–H groups in total. The van der Waals surface area contributed by atoms with Crippen LogP contribution in [0.25, 0.3) is 0 Å². The van der Waals surface area contributed by atoms with Crippen LogP contribution in [0, 0.1) is 0 Å². The molecule has 2 heteroatoms. The summed E-state index contributed by atoms with van der Waals surface area (Å²) in [4.78, 5) is 0. The number of benzene rings is 1. The Hall–Kier alpha value is -1.70. The van der Waals surface area contributed by atoms with E-state index in [4.69, 9.17) is 5.11 Å². The molecule has 0 aromatic heterocycles. The number of aromatic hydroxyl groups is 1. The van der Waals surface area contributed by atoms with Gasteiger partial charge < -0.3 is 10.2 Å². The van der Waals surface area contributed by atoms with E-state index in [0.29, 0.717) is 5.76 Å². The molecule has 0 aliphatic heterocycles. The number of aliphatic hydroxyl groups excluding tert-OH is 1. The molecule has 17 heavy (non-hydrogen) atoms. The summed E-state index contributed by atoms with van der Waals surface area (Å²) in [6.45, 7) is 7.92. The summed E-state index contributed by atoms with van der Waals surface area (Å²) in [5.74, 6) is 0.572. The van der Waals surface area contributed by atoms with E-state index in [1.807, 2.05) is 25.1 Å². The summed E-state index contributed by atoms with van der Waals surface area (Å²) >= 11 is 0. The highest BCUT2D eigenvalue weighted by atomic mass is 16.3. The lowest BCUT2D eigenvalue weighted by Crippen LogP contribution is -2.18. The van der Waals surface area contributed by atoms with Crippen LogP contribution in [0.2, 0.25) is 0 Å². The number of hydrogen-bond donors (Lipinski definition) is 2. The van der Waals surface area contributed by atoms with E-state index in [0.717, 1.165) is 11.1 Å². The first-order valence-corrected chi connectivity index (χ1v) is 5.68. The molecule has 0 saturated carbocycles. The molecule has 0 saturated heterocycles. The van der Waals surface area contributed by atoms with Gasteiger partial charge in [0.15, 0.2) is 0 Å². The quantitative estimate of drug-likeness (QED) is 0.609. The fourth-order valence-corrected chi connectivity index (χ4v) is 1.56. The van der Waals surface area contributed by atoms with Crippen LogP contribution in [0.5, 0.6) is 5.75 Å². The van der Waals surface area contributed by atoms with E-state index < -0.39 is 0 Å². The van der Waals surface area contributed by atoms with Crippen molar-refractivity contribution in [1.82, 2.24) is 0 Å². The Morgan fingerprint density at radius 1 is 1.06 bits per heavy atom. The molecule has 0 radical (unpaired) electrons. The Morgan fingerprint density at radius 2 is 1.59 bits per heavy atom. The average molecular weight is 232 g/mol. The number of allylic oxidation sites excluding steroid dienone is 4. The molecule has 1 aromatic carbocycles. The monoisotopic (exact) mass is 232 g/mol. The lowest BCUT2D eigenvalue weighted by molar-refractivity contribution is 0.414. The molecule has 0 atom stereocenters. The lowest BCUT2D eigenvalue weighted by atomic mass is 9.78. The van der Waals surface area contributed by atoms with Crippen LogP contribution >= 0.6 is 0 Å². The molecule has 0 bridgehead atoms. The van der Waals surface area contributed by atoms with Crippen molar-refractivity contribution in [3.8, 4) is 5.75 Å². The Morgan fingerprint density at radius 3 is 2.06 bits per heavy atom. The van der Waals surface area contributed by atoms with E-state index in [2.05, 4.69) is 13.8 Å². The zero-order valence-electron chi connectivity index (χ0n) is 10.9. The van der Waals surface area contributed by atoms with Gasteiger partial charge in [-0.25, -0.2) is 0 Å². The molecule has 0 unspecified atom stereocenters. The van der Waals surface area contributed by atoms with Crippen molar-refractivity contribution in [3.05, 3.63) is 53.3 Å². The van der Waals surface area contributed by atoms with E-state index in [-0.39, 0.29) is 11.2 Å². The molecule has 0 heterocycles. The normalized spacial score (nSPS) is 13.9. The fourth-order valence-electron chi connectivity index (χ4n) is 1.56. The highest BCUT2D eigenvalue weighted by molar-refractivity contribution is 5.37. The minimum Gasteiger partial charge on any atom is -0.513 e. The third kappa shape index (κ3) is 3.38. The SMILES string of the molecule is C/C(O)=C\C=C(/C)C(C)(C)c1ccc(O)cc1. The minimum absolute atomic E-state index is 0.125. The van der Waals surface area contributed by atoms with Crippen LogP contribution < -0.4 is 0 Å². The lowest BCUT2D eigenvalue weighted by Gasteiger charge is -2.26. The van der Waals surface area contributed by atoms with Crippen LogP contribution in [0.3, 0.4) is 0 Å². The fraction of sp³-hybridized carbons (Fsp3) is 0.333. The number of rotatable bonds is 3. The highest BCUT2D eigenvalue weighted by Crippen LogP contribution is 2.32. The molecule has 1 rings (SSSR count). The van der Waals surface area contributed by atoms with E-state index >= 15 is 0 Å². The van der Waals surface area contributed by atoms with Gasteiger partial charge in [-0.05, 0) is 37.6 Å². The average Bonchev–Trinajstić information content (AvgIpc) is 2.26. The van der Waals surface area contributed by atoms with Crippen LogP contribution in [0.15, 0.2) is 47.7 Å². The summed E-state index contributed by atoms with van der Waals surface area (Å²) in [6.07, 6.45) is 3.61. The van der Waals surface area contributed by atoms with Gasteiger partial charge in [-0.3, -0.25) is 0 Å². The predicted molar refractivity (Wildman–Crippen MR) is 71.3 cm³/mol. The first kappa shape index (κ1) is 13.4. The van der Waals surface area contributed by atoms with Crippen LogP contribution in [0.1, 0.15) is 33.3 Å². The maximum absolute atomic E-state index is 9.28. The van der Waals surface area contributed by atoms with E-state index in [1.54, 1.807) is 25.1 Å². The van der Waals surface area contributed by atoms with Gasteiger partial charge in [0.2, 0.25) is 0 Å². The van der Waals surface area contributed by atoms with Crippen LogP contribution in [0.4, 0.5) is 0 Å². The van der Waals surface area contributed by atoms with Gasteiger partial charge in [0.25, 0.3) is 0 Å². The van der Waals surface area contributed by atoms with Crippen molar-refractivity contribution in [2.45, 2.75) is 33.1 Å². The molecule has 0 fully saturated rings. The van der Waals surface area contributed by atoms with Crippen molar-refractivity contribution >= 4 is 0 Å². The molecule has 0 amide bonds. The summed E-state index contributed by atoms with van der Waals surface area (Å²) < 4.78 is 0. The van der Waals surface area contributed by atoms with Gasteiger partial charge in [0.05, 0.1) is 5.76 Å². The summed E-state index contributed by atoms with van der Waals surface area (Å²) in [5.41, 5.74) is 2.16. The minimum atomic E-state index is -0.125. The third-order valence-electron chi connectivity index (χ3n) is 3.15. The van der Waals surface area contributed by atoms with Crippen molar-refractivity contribution in [3.63, 3.8) is 0 Å². The number of hydrogen-bond acceptors (Lipinski definition) is 2. The Balaban J connectivity index is 3.06. The molecule has 0 aliphatic carbocycles. The number of aliphatic hydroxyl groups is 1. The molecular formula is C15H20O2. The zero-order valence-corrected chi connectivity index (χ0v) is 10.9. The smallest absolute Gasteiger partial charge is 0.115 e. The molecule has 1 aromatic rings. The summed E-state index contributed by atoms with van der Waals surface area (Å²) in [7, 11) is 0. The van der Waals surface area contributed by atoms with Gasteiger partial charge in [-0.1, -0.05) is 37.6 Å². The molecule has 2 nitrogen and oxygen atoms in total. The van der Waals surface area contributed by atoms with Crippen molar-refractivity contribution in [2.24, 2.45) is 0 Å². The van der Waals surface area contributed by atoms with Gasteiger partial charge >= 0.3 is 0 Å². The standard InChI is InChI=1S/C15H20O2/c1-11(5-6-12(2)16)15(3,4)13-7-9-14(17)10-8-13/h5-10,16-17H,1-4H3/b11-5+,12-6+.